The molecule has 0 spiro atoms. The number of aromatic hydroxyl groups is 1. The topological polar surface area (TPSA) is 35.5 Å². The van der Waals surface area contributed by atoms with Crippen molar-refractivity contribution >= 4 is 40.7 Å². The van der Waals surface area contributed by atoms with Gasteiger partial charge in [-0.3, -0.25) is 4.90 Å². The van der Waals surface area contributed by atoms with E-state index in [4.69, 9.17) is 0 Å². The highest BCUT2D eigenvalue weighted by Gasteiger charge is 2.32. The molecule has 1 heterocycles. The summed E-state index contributed by atoms with van der Waals surface area (Å²) < 4.78 is 27.3. The molecular formula is C12H17BrCl2F2N2O. The number of hydrogen-bond acceptors (Lipinski definition) is 3. The Morgan fingerprint density at radius 2 is 1.80 bits per heavy atom. The fraction of sp³-hybridized carbons (Fsp3) is 0.500. The van der Waals surface area contributed by atoms with Crippen molar-refractivity contribution in [3.63, 3.8) is 0 Å². The second kappa shape index (κ2) is 9.00. The highest BCUT2D eigenvalue weighted by atomic mass is 79.9. The van der Waals surface area contributed by atoms with E-state index in [0.29, 0.717) is 30.7 Å². The van der Waals surface area contributed by atoms with Gasteiger partial charge in [-0.05, 0) is 18.2 Å². The molecule has 0 unspecified atom stereocenters. The summed E-state index contributed by atoms with van der Waals surface area (Å²) in [4.78, 5) is 1.71. The number of halogens is 5. The molecular weight excluding hydrogens is 377 g/mol. The maximum Gasteiger partial charge on any atom is 0.258 e. The Balaban J connectivity index is 0.00000180. The van der Waals surface area contributed by atoms with E-state index in [0.717, 1.165) is 0 Å². The summed E-state index contributed by atoms with van der Waals surface area (Å²) in [7, 11) is 0. The first-order valence-electron chi connectivity index (χ1n) is 5.81. The zero-order valence-electron chi connectivity index (χ0n) is 10.6. The van der Waals surface area contributed by atoms with Crippen LogP contribution in [0.2, 0.25) is 0 Å². The van der Waals surface area contributed by atoms with E-state index in [-0.39, 0.29) is 36.1 Å². The summed E-state index contributed by atoms with van der Waals surface area (Å²) in [5.41, 5.74) is 0.279. The molecule has 0 saturated carbocycles. The lowest BCUT2D eigenvalue weighted by atomic mass is 10.0. The van der Waals surface area contributed by atoms with Crippen LogP contribution in [0.4, 0.5) is 8.78 Å². The second-order valence-corrected chi connectivity index (χ2v) is 5.18. The minimum absolute atomic E-state index is 0. The SMILES string of the molecule is Cl.Cl.Oc1ccc(Br)cc1[C@H](C(F)F)N1CCNCC1. The number of alkyl halides is 2. The first-order valence-corrected chi connectivity index (χ1v) is 6.60. The van der Waals surface area contributed by atoms with Crippen molar-refractivity contribution < 1.29 is 13.9 Å². The average Bonchev–Trinajstić information content (AvgIpc) is 2.35. The molecule has 1 atom stereocenters. The van der Waals surface area contributed by atoms with Crippen molar-refractivity contribution in [2.24, 2.45) is 0 Å². The van der Waals surface area contributed by atoms with Crippen molar-refractivity contribution in [2.75, 3.05) is 26.2 Å². The molecule has 2 rings (SSSR count). The lowest BCUT2D eigenvalue weighted by Gasteiger charge is -2.34. The summed E-state index contributed by atoms with van der Waals surface area (Å²) >= 11 is 3.25. The van der Waals surface area contributed by atoms with E-state index in [1.807, 2.05) is 0 Å². The quantitative estimate of drug-likeness (QED) is 0.827. The zero-order valence-corrected chi connectivity index (χ0v) is 13.8. The van der Waals surface area contributed by atoms with Crippen LogP contribution in [0, 0.1) is 0 Å². The highest BCUT2D eigenvalue weighted by molar-refractivity contribution is 9.10. The summed E-state index contributed by atoms with van der Waals surface area (Å²) in [6.45, 7) is 2.50. The molecule has 1 fully saturated rings. The van der Waals surface area contributed by atoms with Crippen LogP contribution in [0.3, 0.4) is 0 Å². The molecule has 8 heteroatoms. The fourth-order valence-corrected chi connectivity index (χ4v) is 2.59. The zero-order chi connectivity index (χ0) is 13.1. The van der Waals surface area contributed by atoms with Crippen LogP contribution >= 0.6 is 40.7 Å². The summed E-state index contributed by atoms with van der Waals surface area (Å²) in [6.07, 6.45) is -2.52. The standard InChI is InChI=1S/C12H15BrF2N2O.2ClH/c13-8-1-2-10(18)9(7-8)11(12(14)15)17-5-3-16-4-6-17;;/h1-2,7,11-12,16,18H,3-6H2;2*1H/t11-;;/m1../s1. The number of piperazine rings is 1. The van der Waals surface area contributed by atoms with Gasteiger partial charge in [0.15, 0.2) is 0 Å². The maximum absolute atomic E-state index is 13.3. The minimum Gasteiger partial charge on any atom is -0.508 e. The molecule has 1 aliphatic rings. The molecule has 116 valence electrons. The van der Waals surface area contributed by atoms with E-state index in [9.17, 15) is 13.9 Å². The normalized spacial score (nSPS) is 17.2. The molecule has 1 aromatic carbocycles. The summed E-state index contributed by atoms with van der Waals surface area (Å²) in [6, 6.07) is 3.59. The molecule has 0 radical (unpaired) electrons. The Bertz CT molecular complexity index is 420. The van der Waals surface area contributed by atoms with E-state index in [1.165, 1.54) is 6.07 Å². The van der Waals surface area contributed by atoms with Crippen molar-refractivity contribution in [3.8, 4) is 5.75 Å². The number of benzene rings is 1. The number of phenols is 1. The first-order chi connectivity index (χ1) is 8.59. The van der Waals surface area contributed by atoms with Gasteiger partial charge in [0.1, 0.15) is 11.8 Å². The van der Waals surface area contributed by atoms with Gasteiger partial charge < -0.3 is 10.4 Å². The van der Waals surface area contributed by atoms with Crippen molar-refractivity contribution in [2.45, 2.75) is 12.5 Å². The highest BCUT2D eigenvalue weighted by Crippen LogP contribution is 2.35. The molecule has 0 aliphatic carbocycles. The molecule has 3 nitrogen and oxygen atoms in total. The first kappa shape index (κ1) is 19.9. The summed E-state index contributed by atoms with van der Waals surface area (Å²) in [5.74, 6) is -0.0815. The minimum atomic E-state index is -2.52. The molecule has 1 saturated heterocycles. The predicted molar refractivity (Wildman–Crippen MR) is 83.5 cm³/mol. The van der Waals surface area contributed by atoms with Crippen LogP contribution in [0.5, 0.6) is 5.75 Å². The second-order valence-electron chi connectivity index (χ2n) is 4.27. The predicted octanol–water partition coefficient (Wildman–Crippen LogP) is 3.21. The number of nitrogens with zero attached hydrogens (tertiary/aromatic N) is 1. The molecule has 1 aromatic rings. The van der Waals surface area contributed by atoms with Crippen molar-refractivity contribution in [1.29, 1.82) is 0 Å². The Morgan fingerprint density at radius 1 is 1.20 bits per heavy atom. The molecule has 0 amide bonds. The Kier molecular flexibility index (Phi) is 8.93. The van der Waals surface area contributed by atoms with Crippen LogP contribution in [0.1, 0.15) is 11.6 Å². The van der Waals surface area contributed by atoms with Gasteiger partial charge in [0.25, 0.3) is 6.43 Å². The molecule has 0 bridgehead atoms. The van der Waals surface area contributed by atoms with Crippen molar-refractivity contribution in [3.05, 3.63) is 28.2 Å². The van der Waals surface area contributed by atoms with Gasteiger partial charge in [-0.15, -0.1) is 24.8 Å². The third kappa shape index (κ3) is 4.70. The van der Waals surface area contributed by atoms with E-state index in [2.05, 4.69) is 21.2 Å². The van der Waals surface area contributed by atoms with E-state index < -0.39 is 12.5 Å². The van der Waals surface area contributed by atoms with E-state index in [1.54, 1.807) is 17.0 Å². The number of phenolic OH excluding ortho intramolecular Hbond substituents is 1. The Hall–Kier alpha value is -0.140. The number of rotatable bonds is 3. The lowest BCUT2D eigenvalue weighted by Crippen LogP contribution is -2.46. The van der Waals surface area contributed by atoms with Gasteiger partial charge in [0.2, 0.25) is 0 Å². The number of hydrogen-bond donors (Lipinski definition) is 2. The van der Waals surface area contributed by atoms with E-state index >= 15 is 0 Å². The van der Waals surface area contributed by atoms with Crippen LogP contribution in [-0.4, -0.2) is 42.6 Å². The maximum atomic E-state index is 13.3. The van der Waals surface area contributed by atoms with Crippen molar-refractivity contribution in [1.82, 2.24) is 10.2 Å². The number of nitrogens with one attached hydrogen (secondary N) is 1. The third-order valence-electron chi connectivity index (χ3n) is 3.09. The van der Waals surface area contributed by atoms with Gasteiger partial charge in [-0.1, -0.05) is 15.9 Å². The molecule has 20 heavy (non-hydrogen) atoms. The molecule has 2 N–H and O–H groups in total. The third-order valence-corrected chi connectivity index (χ3v) is 3.59. The monoisotopic (exact) mass is 392 g/mol. The lowest BCUT2D eigenvalue weighted by molar-refractivity contribution is 0.0170. The van der Waals surface area contributed by atoms with Crippen LogP contribution < -0.4 is 5.32 Å². The van der Waals surface area contributed by atoms with Crippen LogP contribution in [0.25, 0.3) is 0 Å². The summed E-state index contributed by atoms with van der Waals surface area (Å²) in [5, 5.41) is 12.9. The molecule has 0 aromatic heterocycles. The Labute approximate surface area is 137 Å². The largest absolute Gasteiger partial charge is 0.508 e. The van der Waals surface area contributed by atoms with Gasteiger partial charge >= 0.3 is 0 Å². The molecule has 1 aliphatic heterocycles. The fourth-order valence-electron chi connectivity index (χ4n) is 2.21. The van der Waals surface area contributed by atoms with Gasteiger partial charge in [0, 0.05) is 36.2 Å². The Morgan fingerprint density at radius 3 is 2.35 bits per heavy atom. The van der Waals surface area contributed by atoms with Crippen LogP contribution in [-0.2, 0) is 0 Å². The average molecular weight is 394 g/mol. The van der Waals surface area contributed by atoms with Gasteiger partial charge in [-0.25, -0.2) is 8.78 Å². The van der Waals surface area contributed by atoms with Gasteiger partial charge in [-0.2, -0.15) is 0 Å². The van der Waals surface area contributed by atoms with Gasteiger partial charge in [0.05, 0.1) is 0 Å². The van der Waals surface area contributed by atoms with Crippen LogP contribution in [0.15, 0.2) is 22.7 Å². The smallest absolute Gasteiger partial charge is 0.258 e.